The van der Waals surface area contributed by atoms with E-state index in [2.05, 4.69) is 4.90 Å². The van der Waals surface area contributed by atoms with Crippen molar-refractivity contribution < 1.29 is 9.59 Å². The fraction of sp³-hybridized carbons (Fsp3) is 0.0870. The number of carbonyl (C=O) groups excluding carboxylic acids is 2. The number of amides is 2. The third-order valence-electron chi connectivity index (χ3n) is 4.86. The summed E-state index contributed by atoms with van der Waals surface area (Å²) in [6, 6.07) is 21.7. The normalized spacial score (nSPS) is 14.3. The molecule has 0 aliphatic carbocycles. The third-order valence-corrected chi connectivity index (χ3v) is 7.80. The zero-order valence-electron chi connectivity index (χ0n) is 16.8. The van der Waals surface area contributed by atoms with E-state index in [1.807, 2.05) is 66.7 Å². The molecule has 0 spiro atoms. The topological polar surface area (TPSA) is 43.9 Å². The summed E-state index contributed by atoms with van der Waals surface area (Å²) in [6.45, 7) is 0. The van der Waals surface area contributed by atoms with E-state index in [0.717, 1.165) is 20.4 Å². The molecule has 1 aliphatic rings. The van der Waals surface area contributed by atoms with Gasteiger partial charge in [0.1, 0.15) is 0 Å². The zero-order chi connectivity index (χ0) is 22.1. The van der Waals surface area contributed by atoms with Crippen LogP contribution < -0.4 is 4.90 Å². The number of hydrogen-bond donors (Lipinski definition) is 0. The number of anilines is 3. The Morgan fingerprint density at radius 2 is 1.45 bits per heavy atom. The van der Waals surface area contributed by atoms with Crippen molar-refractivity contribution in [3.63, 3.8) is 0 Å². The second-order valence-corrected chi connectivity index (χ2v) is 9.99. The first kappa shape index (κ1) is 21.5. The van der Waals surface area contributed by atoms with Crippen molar-refractivity contribution in [3.8, 4) is 0 Å². The van der Waals surface area contributed by atoms with Crippen LogP contribution in [0.1, 0.15) is 4.44 Å². The van der Waals surface area contributed by atoms with E-state index in [1.165, 1.54) is 9.80 Å². The molecule has 4 rings (SSSR count). The van der Waals surface area contributed by atoms with Crippen molar-refractivity contribution in [1.82, 2.24) is 9.80 Å². The average Bonchev–Trinajstić information content (AvgIpc) is 3.24. The van der Waals surface area contributed by atoms with Gasteiger partial charge in [0.2, 0.25) is 0 Å². The van der Waals surface area contributed by atoms with Gasteiger partial charge in [-0.1, -0.05) is 0 Å². The number of hydrogen-bond acceptors (Lipinski definition) is 4. The summed E-state index contributed by atoms with van der Waals surface area (Å²) in [5.74, 6) is -0.758. The minimum absolute atomic E-state index is 0.113. The molecule has 1 aliphatic heterocycles. The predicted octanol–water partition coefficient (Wildman–Crippen LogP) is 4.47. The molecule has 1 aromatic heterocycles. The van der Waals surface area contributed by atoms with E-state index in [-0.39, 0.29) is 37.0 Å². The first-order valence-electron chi connectivity index (χ1n) is 9.39. The molecule has 2 heterocycles. The van der Waals surface area contributed by atoms with Gasteiger partial charge in [-0.05, 0) is 0 Å². The fourth-order valence-corrected chi connectivity index (χ4v) is 5.60. The molecule has 0 atom stereocenters. The Bertz CT molecular complexity index is 1170. The molecule has 3 aromatic rings. The summed E-state index contributed by atoms with van der Waals surface area (Å²) in [5.41, 5.74) is 2.13. The molecule has 0 radical (unpaired) electrons. The summed E-state index contributed by atoms with van der Waals surface area (Å²) < 4.78 is 2.02. The van der Waals surface area contributed by atoms with Crippen molar-refractivity contribution in [1.29, 1.82) is 0 Å². The molecule has 0 saturated carbocycles. The van der Waals surface area contributed by atoms with Gasteiger partial charge in [-0.2, -0.15) is 0 Å². The number of carbonyl (C=O) groups is 2. The van der Waals surface area contributed by atoms with Crippen molar-refractivity contribution in [2.75, 3.05) is 19.0 Å². The molecule has 8 heteroatoms. The van der Waals surface area contributed by atoms with E-state index in [0.29, 0.717) is 5.02 Å². The van der Waals surface area contributed by atoms with E-state index in [4.69, 9.17) is 23.8 Å². The molecule has 2 amide bonds. The van der Waals surface area contributed by atoms with Gasteiger partial charge in [-0.3, -0.25) is 0 Å². The number of likely N-dealkylation sites (N-methyl/N-ethyl adjacent to an activating group) is 2. The summed E-state index contributed by atoms with van der Waals surface area (Å²) in [4.78, 5) is 30.1. The number of nitrogens with zero attached hydrogens (tertiary/aromatic N) is 3. The molecule has 5 nitrogen and oxygen atoms in total. The van der Waals surface area contributed by atoms with Crippen LogP contribution >= 0.6 is 23.8 Å². The molecule has 2 aromatic carbocycles. The van der Waals surface area contributed by atoms with Crippen LogP contribution in [0.3, 0.4) is 0 Å². The summed E-state index contributed by atoms with van der Waals surface area (Å²) >= 11 is 11.1. The first-order valence-corrected chi connectivity index (χ1v) is 11.9. The van der Waals surface area contributed by atoms with Crippen LogP contribution in [0.15, 0.2) is 72.3 Å². The molecule has 31 heavy (non-hydrogen) atoms. The van der Waals surface area contributed by atoms with Crippen LogP contribution in [0.2, 0.25) is 5.02 Å². The Morgan fingerprint density at radius 1 is 0.871 bits per heavy atom. The van der Waals surface area contributed by atoms with Gasteiger partial charge >= 0.3 is 197 Å². The first-order chi connectivity index (χ1) is 14.9. The summed E-state index contributed by atoms with van der Waals surface area (Å²) in [5, 5.41) is 0.876. The van der Waals surface area contributed by atoms with E-state index < -0.39 is 0 Å². The van der Waals surface area contributed by atoms with E-state index in [1.54, 1.807) is 20.2 Å². The Kier molecular flexibility index (Phi) is 6.12. The van der Waals surface area contributed by atoms with Crippen LogP contribution in [0.4, 0.5) is 15.9 Å². The van der Waals surface area contributed by atoms with Crippen LogP contribution in [0.25, 0.3) is 6.08 Å². The van der Waals surface area contributed by atoms with Gasteiger partial charge in [0.05, 0.1) is 0 Å². The van der Waals surface area contributed by atoms with Crippen LogP contribution in [0.5, 0.6) is 0 Å². The van der Waals surface area contributed by atoms with E-state index in [9.17, 15) is 9.59 Å². The number of thiocarbonyl (C=S) groups is 1. The average molecular weight is 515 g/mol. The molecule has 1 saturated heterocycles. The summed E-state index contributed by atoms with van der Waals surface area (Å²) in [6.07, 6.45) is 1.69. The monoisotopic (exact) mass is 515 g/mol. The third kappa shape index (κ3) is 4.23. The molecule has 156 valence electrons. The maximum absolute atomic E-state index is 12.6. The van der Waals surface area contributed by atoms with Crippen LogP contribution in [-0.2, 0) is 9.59 Å². The Labute approximate surface area is 196 Å². The predicted molar refractivity (Wildman–Crippen MR) is 129 cm³/mol. The quantitative estimate of drug-likeness (QED) is 0.223. The van der Waals surface area contributed by atoms with Crippen LogP contribution in [0, 0.1) is 0 Å². The molecule has 1 fully saturated rings. The Hall–Kier alpha value is -2.70. The minimum atomic E-state index is -0.379. The van der Waals surface area contributed by atoms with Crippen molar-refractivity contribution in [2.24, 2.45) is 0 Å². The van der Waals surface area contributed by atoms with Gasteiger partial charge in [0.25, 0.3) is 0 Å². The van der Waals surface area contributed by atoms with Gasteiger partial charge in [-0.15, -0.1) is 0 Å². The van der Waals surface area contributed by atoms with Crippen LogP contribution in [-0.4, -0.2) is 55.3 Å². The standard InChI is InChI=1S/C23H18ClN3O2SSe/c1-25-21(28)19(22(29)26(2)23(25)30)14-18-12-13-20(31-18)27(16-6-4-3-5-7-16)17-10-8-15(24)9-11-17/h3-14H,1-2H3. The molecule has 0 N–H and O–H groups in total. The van der Waals surface area contributed by atoms with Crippen molar-refractivity contribution in [3.05, 3.63) is 81.8 Å². The fourth-order valence-electron chi connectivity index (χ4n) is 3.23. The molecule has 0 unspecified atom stereocenters. The van der Waals surface area contributed by atoms with Gasteiger partial charge in [-0.25, -0.2) is 0 Å². The van der Waals surface area contributed by atoms with Crippen molar-refractivity contribution >= 4 is 77.3 Å². The SMILES string of the molecule is CN1C(=O)C(=Cc2ccc(N(c3ccccc3)c3ccc(Cl)cc3)[se]2)C(=O)N(C)C1=S. The van der Waals surface area contributed by atoms with Gasteiger partial charge in [0.15, 0.2) is 0 Å². The molecular formula is C23H18ClN3O2SSe. The second-order valence-electron chi connectivity index (χ2n) is 6.89. The number of halogens is 1. The van der Waals surface area contributed by atoms with Gasteiger partial charge in [0, 0.05) is 0 Å². The number of para-hydroxylation sites is 1. The molecular weight excluding hydrogens is 497 g/mol. The summed E-state index contributed by atoms with van der Waals surface area (Å²) in [7, 11) is 3.16. The second kappa shape index (κ2) is 8.81. The molecule has 0 bridgehead atoms. The van der Waals surface area contributed by atoms with Gasteiger partial charge < -0.3 is 0 Å². The maximum atomic E-state index is 12.6. The van der Waals surface area contributed by atoms with Crippen molar-refractivity contribution in [2.45, 2.75) is 0 Å². The number of rotatable bonds is 4. The Morgan fingerprint density at radius 3 is 2.06 bits per heavy atom. The Balaban J connectivity index is 1.74. The number of benzene rings is 2. The van der Waals surface area contributed by atoms with E-state index >= 15 is 0 Å². The zero-order valence-corrected chi connectivity index (χ0v) is 20.1.